The molecule has 0 radical (unpaired) electrons. The molecule has 0 aliphatic heterocycles. The van der Waals surface area contributed by atoms with Crippen molar-refractivity contribution in [3.8, 4) is 5.69 Å². The van der Waals surface area contributed by atoms with E-state index in [-0.39, 0.29) is 11.6 Å². The lowest BCUT2D eigenvalue weighted by Gasteiger charge is -2.11. The largest absolute Gasteiger partial charge is 0.320 e. The molecule has 0 fully saturated rings. The molecule has 1 amide bonds. The lowest BCUT2D eigenvalue weighted by Crippen LogP contribution is -2.16. The van der Waals surface area contributed by atoms with Gasteiger partial charge in [-0.1, -0.05) is 59.8 Å². The molecule has 7 nitrogen and oxygen atoms in total. The van der Waals surface area contributed by atoms with Crippen LogP contribution < -0.4 is 5.32 Å². The zero-order valence-electron chi connectivity index (χ0n) is 17.6. The Bertz CT molecular complexity index is 1240. The number of halogens is 1. The zero-order chi connectivity index (χ0) is 22.5. The summed E-state index contributed by atoms with van der Waals surface area (Å²) >= 11 is 7.74. The van der Waals surface area contributed by atoms with Crippen LogP contribution in [0.4, 0.5) is 5.69 Å². The van der Waals surface area contributed by atoms with Gasteiger partial charge in [-0.15, -0.1) is 5.10 Å². The molecule has 0 saturated heterocycles. The van der Waals surface area contributed by atoms with E-state index < -0.39 is 0 Å². The summed E-state index contributed by atoms with van der Waals surface area (Å²) in [5.41, 5.74) is 4.37. The summed E-state index contributed by atoms with van der Waals surface area (Å²) in [6.45, 7) is 3.98. The first-order valence-electron chi connectivity index (χ1n) is 10.1. The van der Waals surface area contributed by atoms with Crippen molar-refractivity contribution in [1.82, 2.24) is 25.0 Å². The molecular weight excluding hydrogens is 444 g/mol. The first kappa shape index (κ1) is 22.0. The Morgan fingerprint density at radius 3 is 2.66 bits per heavy atom. The summed E-state index contributed by atoms with van der Waals surface area (Å²) < 4.78 is 1.64. The minimum Gasteiger partial charge on any atom is -0.320 e. The number of para-hydroxylation sites is 1. The van der Waals surface area contributed by atoms with Gasteiger partial charge in [0.1, 0.15) is 0 Å². The maximum atomic E-state index is 13.2. The number of nitrogens with zero attached hydrogens (tertiary/aromatic N) is 5. The number of nitrogens with one attached hydrogen (secondary N) is 1. The molecule has 0 atom stereocenters. The maximum Gasteiger partial charge on any atom is 0.278 e. The SMILES string of the molecule is CCc1ccccc1NC(=O)c1nnn(-c2ccc(C)c(Cl)c2)c1CSc1ncccn1. The van der Waals surface area contributed by atoms with Crippen LogP contribution in [0.25, 0.3) is 5.69 Å². The van der Waals surface area contributed by atoms with Crippen molar-refractivity contribution in [2.75, 3.05) is 5.32 Å². The van der Waals surface area contributed by atoms with E-state index in [2.05, 4.69) is 25.6 Å². The number of amides is 1. The average molecular weight is 465 g/mol. The van der Waals surface area contributed by atoms with Crippen LogP contribution in [-0.2, 0) is 12.2 Å². The van der Waals surface area contributed by atoms with Gasteiger partial charge in [0.2, 0.25) is 0 Å². The van der Waals surface area contributed by atoms with Crippen LogP contribution >= 0.6 is 23.4 Å². The lowest BCUT2D eigenvalue weighted by molar-refractivity contribution is 0.102. The number of thioether (sulfide) groups is 1. The van der Waals surface area contributed by atoms with Crippen LogP contribution in [0.5, 0.6) is 0 Å². The molecule has 2 aromatic carbocycles. The summed E-state index contributed by atoms with van der Waals surface area (Å²) in [5, 5.41) is 12.7. The van der Waals surface area contributed by atoms with Gasteiger partial charge < -0.3 is 5.32 Å². The van der Waals surface area contributed by atoms with Gasteiger partial charge in [0.25, 0.3) is 5.91 Å². The van der Waals surface area contributed by atoms with E-state index >= 15 is 0 Å². The zero-order valence-corrected chi connectivity index (χ0v) is 19.2. The van der Waals surface area contributed by atoms with Crippen LogP contribution in [0.2, 0.25) is 5.02 Å². The van der Waals surface area contributed by atoms with E-state index in [1.165, 1.54) is 11.8 Å². The fraction of sp³-hybridized carbons (Fsp3) is 0.174. The third-order valence-corrected chi connectivity index (χ3v) is 6.20. The summed E-state index contributed by atoms with van der Waals surface area (Å²) in [5.74, 6) is 0.0840. The van der Waals surface area contributed by atoms with Crippen LogP contribution in [0.1, 0.15) is 34.2 Å². The van der Waals surface area contributed by atoms with Crippen molar-refractivity contribution in [2.24, 2.45) is 0 Å². The molecule has 0 aliphatic carbocycles. The molecule has 1 N–H and O–H groups in total. The summed E-state index contributed by atoms with van der Waals surface area (Å²) in [6, 6.07) is 15.1. The van der Waals surface area contributed by atoms with E-state index in [1.807, 2.05) is 56.3 Å². The molecule has 0 bridgehead atoms. The van der Waals surface area contributed by atoms with E-state index in [4.69, 9.17) is 11.6 Å². The first-order valence-corrected chi connectivity index (χ1v) is 11.4. The van der Waals surface area contributed by atoms with Gasteiger partial charge in [0.05, 0.1) is 11.4 Å². The number of aromatic nitrogens is 5. The van der Waals surface area contributed by atoms with Crippen molar-refractivity contribution in [1.29, 1.82) is 0 Å². The number of aryl methyl sites for hydroxylation is 2. The van der Waals surface area contributed by atoms with E-state index in [1.54, 1.807) is 23.1 Å². The molecule has 0 unspecified atom stereocenters. The van der Waals surface area contributed by atoms with Crippen molar-refractivity contribution < 1.29 is 4.79 Å². The molecular formula is C23H21ClN6OS. The second-order valence-electron chi connectivity index (χ2n) is 7.01. The minimum absolute atomic E-state index is 0.246. The highest BCUT2D eigenvalue weighted by atomic mass is 35.5. The van der Waals surface area contributed by atoms with Crippen LogP contribution in [0.3, 0.4) is 0 Å². The monoisotopic (exact) mass is 464 g/mol. The van der Waals surface area contributed by atoms with Crippen LogP contribution in [0, 0.1) is 6.92 Å². The molecule has 4 aromatic rings. The predicted octanol–water partition coefficient (Wildman–Crippen LogP) is 5.13. The molecule has 32 heavy (non-hydrogen) atoms. The van der Waals surface area contributed by atoms with Gasteiger partial charge in [-0.25, -0.2) is 14.6 Å². The predicted molar refractivity (Wildman–Crippen MR) is 126 cm³/mol. The smallest absolute Gasteiger partial charge is 0.278 e. The van der Waals surface area contributed by atoms with Gasteiger partial charge in [-0.05, 0) is 48.7 Å². The fourth-order valence-electron chi connectivity index (χ4n) is 3.15. The van der Waals surface area contributed by atoms with Crippen molar-refractivity contribution in [3.05, 3.63) is 88.5 Å². The molecule has 0 saturated carbocycles. The molecule has 162 valence electrons. The van der Waals surface area contributed by atoms with Crippen molar-refractivity contribution >= 4 is 35.0 Å². The van der Waals surface area contributed by atoms with E-state index in [9.17, 15) is 4.79 Å². The Balaban J connectivity index is 1.70. The van der Waals surface area contributed by atoms with E-state index in [0.29, 0.717) is 21.6 Å². The number of anilines is 1. The first-order chi connectivity index (χ1) is 15.6. The number of hydrogen-bond donors (Lipinski definition) is 1. The van der Waals surface area contributed by atoms with Crippen molar-refractivity contribution in [2.45, 2.75) is 31.2 Å². The Hall–Kier alpha value is -3.23. The average Bonchev–Trinajstić information content (AvgIpc) is 3.24. The highest BCUT2D eigenvalue weighted by Crippen LogP contribution is 2.26. The maximum absolute atomic E-state index is 13.2. The summed E-state index contributed by atoms with van der Waals surface area (Å²) in [6.07, 6.45) is 4.17. The number of carbonyl (C=O) groups excluding carboxylic acids is 1. The van der Waals surface area contributed by atoms with Gasteiger partial charge >= 0.3 is 0 Å². The highest BCUT2D eigenvalue weighted by Gasteiger charge is 2.22. The van der Waals surface area contributed by atoms with Gasteiger partial charge in [0.15, 0.2) is 10.9 Å². The van der Waals surface area contributed by atoms with Gasteiger partial charge in [-0.3, -0.25) is 4.79 Å². The molecule has 2 heterocycles. The number of rotatable bonds is 7. The minimum atomic E-state index is -0.320. The number of benzene rings is 2. The third-order valence-electron chi connectivity index (χ3n) is 4.90. The number of carbonyl (C=O) groups is 1. The summed E-state index contributed by atoms with van der Waals surface area (Å²) in [4.78, 5) is 21.7. The fourth-order valence-corrected chi connectivity index (χ4v) is 4.12. The Kier molecular flexibility index (Phi) is 6.82. The standard InChI is InChI=1S/C23H21ClN6OS/c1-3-16-7-4-5-8-19(16)27-22(31)21-20(14-32-23-25-11-6-12-26-23)30(29-28-21)17-10-9-15(2)18(24)13-17/h4-13H,3,14H2,1-2H3,(H,27,31). The summed E-state index contributed by atoms with van der Waals surface area (Å²) in [7, 11) is 0. The van der Waals surface area contributed by atoms with Gasteiger partial charge in [0, 0.05) is 28.9 Å². The van der Waals surface area contributed by atoms with Crippen LogP contribution in [0.15, 0.2) is 66.1 Å². The van der Waals surface area contributed by atoms with E-state index in [0.717, 1.165) is 28.9 Å². The molecule has 9 heteroatoms. The van der Waals surface area contributed by atoms with Crippen molar-refractivity contribution in [3.63, 3.8) is 0 Å². The molecule has 0 spiro atoms. The van der Waals surface area contributed by atoms with Gasteiger partial charge in [-0.2, -0.15) is 0 Å². The Morgan fingerprint density at radius 1 is 1.12 bits per heavy atom. The molecule has 4 rings (SSSR count). The lowest BCUT2D eigenvalue weighted by atomic mass is 10.1. The Labute approximate surface area is 195 Å². The number of hydrogen-bond acceptors (Lipinski definition) is 6. The quantitative estimate of drug-likeness (QED) is 0.301. The second-order valence-corrected chi connectivity index (χ2v) is 8.36. The Morgan fingerprint density at radius 2 is 1.91 bits per heavy atom. The molecule has 2 aromatic heterocycles. The highest BCUT2D eigenvalue weighted by molar-refractivity contribution is 7.98. The normalized spacial score (nSPS) is 10.8. The molecule has 0 aliphatic rings. The van der Waals surface area contributed by atoms with Crippen LogP contribution in [-0.4, -0.2) is 30.9 Å². The topological polar surface area (TPSA) is 85.6 Å². The second kappa shape index (κ2) is 9.93. The third kappa shape index (κ3) is 4.81.